The Morgan fingerprint density at radius 3 is 2.75 bits per heavy atom. The van der Waals surface area contributed by atoms with Crippen LogP contribution in [-0.4, -0.2) is 23.3 Å². The van der Waals surface area contributed by atoms with Crippen LogP contribution in [-0.2, 0) is 9.59 Å². The van der Waals surface area contributed by atoms with Crippen molar-refractivity contribution >= 4 is 33.4 Å². The summed E-state index contributed by atoms with van der Waals surface area (Å²) in [4.78, 5) is 25.9. The molecule has 0 bridgehead atoms. The van der Waals surface area contributed by atoms with E-state index in [0.29, 0.717) is 16.8 Å². The highest BCUT2D eigenvalue weighted by molar-refractivity contribution is 9.10. The van der Waals surface area contributed by atoms with Gasteiger partial charge in [0.2, 0.25) is 11.8 Å². The third-order valence-electron chi connectivity index (χ3n) is 1.74. The van der Waals surface area contributed by atoms with Crippen LogP contribution in [0.2, 0.25) is 0 Å². The van der Waals surface area contributed by atoms with Crippen LogP contribution < -0.4 is 10.6 Å². The van der Waals surface area contributed by atoms with Gasteiger partial charge in [0, 0.05) is 19.9 Å². The molecule has 0 aromatic carbocycles. The van der Waals surface area contributed by atoms with E-state index in [2.05, 4.69) is 31.5 Å². The fourth-order valence-corrected chi connectivity index (χ4v) is 1.26. The molecule has 6 heteroatoms. The van der Waals surface area contributed by atoms with E-state index in [-0.39, 0.29) is 18.2 Å². The molecule has 1 rings (SSSR count). The maximum Gasteiger partial charge on any atom is 0.226 e. The zero-order valence-electron chi connectivity index (χ0n) is 8.79. The second kappa shape index (κ2) is 6.22. The van der Waals surface area contributed by atoms with E-state index < -0.39 is 0 Å². The van der Waals surface area contributed by atoms with E-state index >= 15 is 0 Å². The van der Waals surface area contributed by atoms with Gasteiger partial charge >= 0.3 is 0 Å². The second-order valence-electron chi connectivity index (χ2n) is 3.15. The number of pyridine rings is 1. The van der Waals surface area contributed by atoms with Gasteiger partial charge in [-0.15, -0.1) is 0 Å². The van der Waals surface area contributed by atoms with E-state index in [4.69, 9.17) is 0 Å². The monoisotopic (exact) mass is 285 g/mol. The van der Waals surface area contributed by atoms with Crippen molar-refractivity contribution in [2.75, 3.05) is 11.9 Å². The van der Waals surface area contributed by atoms with E-state index in [9.17, 15) is 9.59 Å². The van der Waals surface area contributed by atoms with Crippen molar-refractivity contribution in [2.24, 2.45) is 0 Å². The molecule has 0 saturated heterocycles. The molecule has 16 heavy (non-hydrogen) atoms. The highest BCUT2D eigenvalue weighted by Crippen LogP contribution is 2.10. The number of hydrogen-bond acceptors (Lipinski definition) is 3. The van der Waals surface area contributed by atoms with Gasteiger partial charge in [0.1, 0.15) is 4.60 Å². The molecule has 0 radical (unpaired) electrons. The third-order valence-corrected chi connectivity index (χ3v) is 2.21. The third kappa shape index (κ3) is 4.88. The Hall–Kier alpha value is -1.43. The Kier molecular flexibility index (Phi) is 4.91. The van der Waals surface area contributed by atoms with Crippen molar-refractivity contribution in [2.45, 2.75) is 13.3 Å². The van der Waals surface area contributed by atoms with Crippen molar-refractivity contribution in [3.63, 3.8) is 0 Å². The Morgan fingerprint density at radius 2 is 2.19 bits per heavy atom. The zero-order chi connectivity index (χ0) is 12.0. The lowest BCUT2D eigenvalue weighted by atomic mass is 10.3. The number of anilines is 1. The molecule has 0 aliphatic rings. The summed E-state index contributed by atoms with van der Waals surface area (Å²) in [6.45, 7) is 1.75. The van der Waals surface area contributed by atoms with Gasteiger partial charge in [-0.2, -0.15) is 0 Å². The minimum absolute atomic E-state index is 0.141. The largest absolute Gasteiger partial charge is 0.356 e. The van der Waals surface area contributed by atoms with Gasteiger partial charge < -0.3 is 10.6 Å². The Labute approximate surface area is 102 Å². The molecule has 2 N–H and O–H groups in total. The van der Waals surface area contributed by atoms with Gasteiger partial charge in [-0.25, -0.2) is 4.98 Å². The predicted octanol–water partition coefficient (Wildman–Crippen LogP) is 1.31. The van der Waals surface area contributed by atoms with Crippen LogP contribution in [0, 0.1) is 0 Å². The molecule has 1 aromatic heterocycles. The first-order valence-corrected chi connectivity index (χ1v) is 5.53. The van der Waals surface area contributed by atoms with Crippen molar-refractivity contribution in [1.82, 2.24) is 10.3 Å². The topological polar surface area (TPSA) is 71.1 Å². The fraction of sp³-hybridized carbons (Fsp3) is 0.300. The van der Waals surface area contributed by atoms with Gasteiger partial charge in [0.05, 0.1) is 11.9 Å². The molecule has 5 nitrogen and oxygen atoms in total. The van der Waals surface area contributed by atoms with Crippen LogP contribution in [0.25, 0.3) is 0 Å². The molecule has 2 amide bonds. The average molecular weight is 286 g/mol. The van der Waals surface area contributed by atoms with Crippen LogP contribution in [0.4, 0.5) is 5.69 Å². The minimum Gasteiger partial charge on any atom is -0.356 e. The van der Waals surface area contributed by atoms with E-state index in [1.807, 2.05) is 0 Å². The molecule has 0 spiro atoms. The number of carbonyl (C=O) groups excluding carboxylic acids is 2. The lowest BCUT2D eigenvalue weighted by Gasteiger charge is -2.05. The smallest absolute Gasteiger partial charge is 0.226 e. The minimum atomic E-state index is -0.155. The van der Waals surface area contributed by atoms with Crippen molar-refractivity contribution in [3.8, 4) is 0 Å². The van der Waals surface area contributed by atoms with Gasteiger partial charge in [-0.05, 0) is 28.1 Å². The maximum atomic E-state index is 11.4. The number of halogens is 1. The summed E-state index contributed by atoms with van der Waals surface area (Å²) >= 11 is 3.20. The number of nitrogens with one attached hydrogen (secondary N) is 2. The lowest BCUT2D eigenvalue weighted by molar-refractivity contribution is -0.119. The van der Waals surface area contributed by atoms with Crippen LogP contribution in [0.5, 0.6) is 0 Å². The van der Waals surface area contributed by atoms with Crippen molar-refractivity contribution < 1.29 is 9.59 Å². The zero-order valence-corrected chi connectivity index (χ0v) is 10.4. The molecule has 0 saturated carbocycles. The number of hydrogen-bond donors (Lipinski definition) is 2. The van der Waals surface area contributed by atoms with Crippen molar-refractivity contribution in [3.05, 3.63) is 22.9 Å². The number of rotatable bonds is 4. The molecule has 86 valence electrons. The highest BCUT2D eigenvalue weighted by Gasteiger charge is 2.02. The Bertz CT molecular complexity index is 378. The maximum absolute atomic E-state index is 11.4. The van der Waals surface area contributed by atoms with E-state index in [1.165, 1.54) is 6.92 Å². The van der Waals surface area contributed by atoms with Gasteiger partial charge in [0.25, 0.3) is 0 Å². The molecule has 1 aromatic rings. The van der Waals surface area contributed by atoms with Crippen LogP contribution in [0.15, 0.2) is 22.9 Å². The number of carbonyl (C=O) groups is 2. The first kappa shape index (κ1) is 12.6. The van der Waals surface area contributed by atoms with Crippen LogP contribution in [0.1, 0.15) is 13.3 Å². The molecule has 0 unspecified atom stereocenters. The first-order valence-electron chi connectivity index (χ1n) is 4.74. The normalized spacial score (nSPS) is 9.62. The Balaban J connectivity index is 2.34. The number of nitrogens with zero attached hydrogens (tertiary/aromatic N) is 1. The lowest BCUT2D eigenvalue weighted by Crippen LogP contribution is -2.25. The van der Waals surface area contributed by atoms with E-state index in [0.717, 1.165) is 0 Å². The average Bonchev–Trinajstić information content (AvgIpc) is 2.21. The first-order chi connectivity index (χ1) is 7.58. The van der Waals surface area contributed by atoms with Gasteiger partial charge in [-0.1, -0.05) is 0 Å². The summed E-state index contributed by atoms with van der Waals surface area (Å²) in [6.07, 6.45) is 1.80. The van der Waals surface area contributed by atoms with Crippen LogP contribution in [0.3, 0.4) is 0 Å². The highest BCUT2D eigenvalue weighted by atomic mass is 79.9. The molecular formula is C10H12BrN3O2. The molecule has 0 fully saturated rings. The summed E-state index contributed by atoms with van der Waals surface area (Å²) in [7, 11) is 0. The van der Waals surface area contributed by atoms with E-state index in [1.54, 1.807) is 18.3 Å². The molecule has 0 aliphatic carbocycles. The van der Waals surface area contributed by atoms with Gasteiger partial charge in [-0.3, -0.25) is 9.59 Å². The predicted molar refractivity (Wildman–Crippen MR) is 63.9 cm³/mol. The summed E-state index contributed by atoms with van der Waals surface area (Å²) < 4.78 is 0.712. The second-order valence-corrected chi connectivity index (χ2v) is 3.96. The summed E-state index contributed by atoms with van der Waals surface area (Å²) in [5.41, 5.74) is 0.635. The van der Waals surface area contributed by atoms with Crippen LogP contribution >= 0.6 is 15.9 Å². The Morgan fingerprint density at radius 1 is 1.44 bits per heavy atom. The summed E-state index contributed by atoms with van der Waals surface area (Å²) in [5.74, 6) is -0.295. The molecule has 0 aliphatic heterocycles. The molecular weight excluding hydrogens is 274 g/mol. The quantitative estimate of drug-likeness (QED) is 0.820. The number of amides is 2. The van der Waals surface area contributed by atoms with Gasteiger partial charge in [0.15, 0.2) is 0 Å². The molecule has 1 heterocycles. The summed E-state index contributed by atoms with van der Waals surface area (Å²) in [6, 6.07) is 3.48. The fourth-order valence-electron chi connectivity index (χ4n) is 1.03. The number of aromatic nitrogens is 1. The standard InChI is InChI=1S/C10H12BrN3O2/c1-7(15)12-5-4-10(16)14-8-2-3-9(11)13-6-8/h2-3,6H,4-5H2,1H3,(H,12,15)(H,14,16). The molecule has 0 atom stereocenters. The summed E-state index contributed by atoms with van der Waals surface area (Å²) in [5, 5.41) is 5.22. The van der Waals surface area contributed by atoms with Crippen molar-refractivity contribution in [1.29, 1.82) is 0 Å². The SMILES string of the molecule is CC(=O)NCCC(=O)Nc1ccc(Br)nc1.